The topological polar surface area (TPSA) is 33.3 Å². The van der Waals surface area contributed by atoms with Crippen molar-refractivity contribution < 1.29 is 4.74 Å². The van der Waals surface area contributed by atoms with Gasteiger partial charge in [-0.25, -0.2) is 0 Å². The second-order valence-corrected chi connectivity index (χ2v) is 4.62. The lowest BCUT2D eigenvalue weighted by molar-refractivity contribution is 0.415. The van der Waals surface area contributed by atoms with Gasteiger partial charge in [-0.2, -0.15) is 0 Å². The Morgan fingerprint density at radius 3 is 2.53 bits per heavy atom. The van der Waals surface area contributed by atoms with Crippen LogP contribution in [-0.4, -0.2) is 27.2 Å². The standard InChI is InChI=1S/C16H22N2O/c1-4-18-11-16(17-2)14-6-5-13-10-15(19-3)8-7-12(13)9-14/h5-10,16-18H,4,11H2,1-3H3. The lowest BCUT2D eigenvalue weighted by Gasteiger charge is -2.17. The first-order valence-electron chi connectivity index (χ1n) is 6.74. The van der Waals surface area contributed by atoms with Gasteiger partial charge in [0.15, 0.2) is 0 Å². The van der Waals surface area contributed by atoms with Crippen molar-refractivity contribution in [2.75, 3.05) is 27.2 Å². The van der Waals surface area contributed by atoms with E-state index in [1.807, 2.05) is 13.1 Å². The molecule has 0 radical (unpaired) electrons. The van der Waals surface area contributed by atoms with Gasteiger partial charge in [0.1, 0.15) is 5.75 Å². The Labute approximate surface area is 115 Å². The van der Waals surface area contributed by atoms with E-state index >= 15 is 0 Å². The highest BCUT2D eigenvalue weighted by atomic mass is 16.5. The Bertz CT molecular complexity index is 539. The van der Waals surface area contributed by atoms with Crippen LogP contribution in [0.25, 0.3) is 10.8 Å². The van der Waals surface area contributed by atoms with Crippen LogP contribution >= 0.6 is 0 Å². The monoisotopic (exact) mass is 258 g/mol. The molecule has 3 nitrogen and oxygen atoms in total. The Morgan fingerprint density at radius 2 is 1.84 bits per heavy atom. The molecule has 102 valence electrons. The molecule has 2 aromatic rings. The highest BCUT2D eigenvalue weighted by molar-refractivity contribution is 5.84. The number of nitrogens with one attached hydrogen (secondary N) is 2. The first kappa shape index (κ1) is 13.8. The zero-order valence-corrected chi connectivity index (χ0v) is 11.9. The fraction of sp³-hybridized carbons (Fsp3) is 0.375. The van der Waals surface area contributed by atoms with Crippen molar-refractivity contribution >= 4 is 10.8 Å². The molecule has 1 atom stereocenters. The maximum atomic E-state index is 5.25. The van der Waals surface area contributed by atoms with Crippen molar-refractivity contribution in [3.8, 4) is 5.75 Å². The van der Waals surface area contributed by atoms with E-state index in [0.29, 0.717) is 6.04 Å². The van der Waals surface area contributed by atoms with E-state index in [1.165, 1.54) is 16.3 Å². The second-order valence-electron chi connectivity index (χ2n) is 4.62. The lowest BCUT2D eigenvalue weighted by Crippen LogP contribution is -2.29. The van der Waals surface area contributed by atoms with Gasteiger partial charge >= 0.3 is 0 Å². The van der Waals surface area contributed by atoms with Crippen molar-refractivity contribution in [1.82, 2.24) is 10.6 Å². The molecule has 0 aliphatic carbocycles. The normalized spacial score (nSPS) is 12.6. The van der Waals surface area contributed by atoms with E-state index in [1.54, 1.807) is 7.11 Å². The van der Waals surface area contributed by atoms with E-state index in [2.05, 4.69) is 47.9 Å². The molecular formula is C16H22N2O. The molecule has 3 heteroatoms. The van der Waals surface area contributed by atoms with Gasteiger partial charge in [0.05, 0.1) is 7.11 Å². The van der Waals surface area contributed by atoms with E-state index in [4.69, 9.17) is 4.74 Å². The zero-order chi connectivity index (χ0) is 13.7. The number of ether oxygens (including phenoxy) is 1. The first-order chi connectivity index (χ1) is 9.28. The minimum atomic E-state index is 0.339. The van der Waals surface area contributed by atoms with Crippen molar-refractivity contribution in [1.29, 1.82) is 0 Å². The number of rotatable bonds is 6. The summed E-state index contributed by atoms with van der Waals surface area (Å²) in [6.07, 6.45) is 0. The minimum absolute atomic E-state index is 0.339. The maximum Gasteiger partial charge on any atom is 0.119 e. The Balaban J connectivity index is 2.29. The van der Waals surface area contributed by atoms with Crippen molar-refractivity contribution in [3.05, 3.63) is 42.0 Å². The molecule has 0 spiro atoms. The third kappa shape index (κ3) is 3.25. The van der Waals surface area contributed by atoms with E-state index < -0.39 is 0 Å². The van der Waals surface area contributed by atoms with Gasteiger partial charge < -0.3 is 15.4 Å². The lowest BCUT2D eigenvalue weighted by atomic mass is 10.0. The van der Waals surface area contributed by atoms with Crippen molar-refractivity contribution in [2.45, 2.75) is 13.0 Å². The first-order valence-corrected chi connectivity index (χ1v) is 6.74. The van der Waals surface area contributed by atoms with Crippen LogP contribution in [0.3, 0.4) is 0 Å². The van der Waals surface area contributed by atoms with Gasteiger partial charge in [-0.15, -0.1) is 0 Å². The van der Waals surface area contributed by atoms with Gasteiger partial charge in [-0.1, -0.05) is 25.1 Å². The third-order valence-corrected chi connectivity index (χ3v) is 3.42. The van der Waals surface area contributed by atoms with E-state index in [-0.39, 0.29) is 0 Å². The number of fused-ring (bicyclic) bond motifs is 1. The number of hydrogen-bond acceptors (Lipinski definition) is 3. The number of methoxy groups -OCH3 is 1. The highest BCUT2D eigenvalue weighted by Crippen LogP contribution is 2.24. The predicted octanol–water partition coefficient (Wildman–Crippen LogP) is 2.72. The molecule has 2 aromatic carbocycles. The number of benzene rings is 2. The van der Waals surface area contributed by atoms with Gasteiger partial charge in [0.25, 0.3) is 0 Å². The fourth-order valence-corrected chi connectivity index (χ4v) is 2.26. The summed E-state index contributed by atoms with van der Waals surface area (Å²) < 4.78 is 5.25. The molecule has 0 amide bonds. The summed E-state index contributed by atoms with van der Waals surface area (Å²) in [5.74, 6) is 0.901. The summed E-state index contributed by atoms with van der Waals surface area (Å²) >= 11 is 0. The number of likely N-dealkylation sites (N-methyl/N-ethyl adjacent to an activating group) is 2. The summed E-state index contributed by atoms with van der Waals surface area (Å²) in [6, 6.07) is 13.1. The molecule has 0 saturated carbocycles. The average molecular weight is 258 g/mol. The van der Waals surface area contributed by atoms with Crippen LogP contribution in [0, 0.1) is 0 Å². The van der Waals surface area contributed by atoms with Crippen LogP contribution in [0.1, 0.15) is 18.5 Å². The average Bonchev–Trinajstić information content (AvgIpc) is 2.47. The largest absolute Gasteiger partial charge is 0.497 e. The van der Waals surface area contributed by atoms with Crippen LogP contribution in [-0.2, 0) is 0 Å². The molecule has 0 aromatic heterocycles. The summed E-state index contributed by atoms with van der Waals surface area (Å²) in [6.45, 7) is 4.05. The van der Waals surface area contributed by atoms with Gasteiger partial charge in [-0.3, -0.25) is 0 Å². The summed E-state index contributed by atoms with van der Waals surface area (Å²) in [4.78, 5) is 0. The van der Waals surface area contributed by atoms with E-state index in [9.17, 15) is 0 Å². The smallest absolute Gasteiger partial charge is 0.119 e. The number of hydrogen-bond donors (Lipinski definition) is 2. The van der Waals surface area contributed by atoms with Crippen molar-refractivity contribution in [2.24, 2.45) is 0 Å². The summed E-state index contributed by atoms with van der Waals surface area (Å²) in [5.41, 5.74) is 1.31. The molecule has 0 aliphatic heterocycles. The minimum Gasteiger partial charge on any atom is -0.497 e. The SMILES string of the molecule is CCNCC(NC)c1ccc2cc(OC)ccc2c1. The Kier molecular flexibility index (Phi) is 4.77. The van der Waals surface area contributed by atoms with Crippen LogP contribution in [0.15, 0.2) is 36.4 Å². The molecule has 0 bridgehead atoms. The molecule has 0 saturated heterocycles. The third-order valence-electron chi connectivity index (χ3n) is 3.42. The second kappa shape index (κ2) is 6.55. The highest BCUT2D eigenvalue weighted by Gasteiger charge is 2.09. The fourth-order valence-electron chi connectivity index (χ4n) is 2.26. The van der Waals surface area contributed by atoms with Crippen LogP contribution in [0.5, 0.6) is 5.75 Å². The molecule has 2 N–H and O–H groups in total. The molecule has 0 heterocycles. The van der Waals surface area contributed by atoms with E-state index in [0.717, 1.165) is 18.8 Å². The van der Waals surface area contributed by atoms with Crippen molar-refractivity contribution in [3.63, 3.8) is 0 Å². The Hall–Kier alpha value is -1.58. The maximum absolute atomic E-state index is 5.25. The molecule has 1 unspecified atom stereocenters. The van der Waals surface area contributed by atoms with Gasteiger partial charge in [-0.05, 0) is 48.1 Å². The summed E-state index contributed by atoms with van der Waals surface area (Å²) in [5, 5.41) is 9.19. The molecule has 19 heavy (non-hydrogen) atoms. The zero-order valence-electron chi connectivity index (χ0n) is 11.9. The van der Waals surface area contributed by atoms with Crippen LogP contribution < -0.4 is 15.4 Å². The quantitative estimate of drug-likeness (QED) is 0.836. The summed E-state index contributed by atoms with van der Waals surface area (Å²) in [7, 11) is 3.70. The van der Waals surface area contributed by atoms with Crippen LogP contribution in [0.4, 0.5) is 0 Å². The van der Waals surface area contributed by atoms with Crippen LogP contribution in [0.2, 0.25) is 0 Å². The molecule has 0 aliphatic rings. The molecular weight excluding hydrogens is 236 g/mol. The Morgan fingerprint density at radius 1 is 1.11 bits per heavy atom. The predicted molar refractivity (Wildman–Crippen MR) is 80.8 cm³/mol. The van der Waals surface area contributed by atoms with Gasteiger partial charge in [0.2, 0.25) is 0 Å². The molecule has 0 fully saturated rings. The van der Waals surface area contributed by atoms with Gasteiger partial charge in [0, 0.05) is 12.6 Å². The molecule has 2 rings (SSSR count).